The molecule has 0 unspecified atom stereocenters. The largest absolute Gasteiger partial charge is 0.497 e. The summed E-state index contributed by atoms with van der Waals surface area (Å²) in [5, 5.41) is 5.31. The molecule has 0 saturated carbocycles. The number of aryl methyl sites for hydroxylation is 1. The molecule has 1 aliphatic heterocycles. The number of rotatable bonds is 10. The summed E-state index contributed by atoms with van der Waals surface area (Å²) in [6.07, 6.45) is 3.77. The maximum absolute atomic E-state index is 13.6. The molecule has 0 N–H and O–H groups in total. The molecule has 9 nitrogen and oxygen atoms in total. The van der Waals surface area contributed by atoms with Crippen LogP contribution in [0.5, 0.6) is 17.2 Å². The normalized spacial score (nSPS) is 14.9. The van der Waals surface area contributed by atoms with Crippen molar-refractivity contribution in [1.82, 2.24) is 19.7 Å². The maximum atomic E-state index is 13.6. The van der Waals surface area contributed by atoms with Crippen molar-refractivity contribution in [2.45, 2.75) is 39.0 Å². The highest BCUT2D eigenvalue weighted by Gasteiger charge is 2.25. The second-order valence-corrected chi connectivity index (χ2v) is 9.69. The van der Waals surface area contributed by atoms with Crippen molar-refractivity contribution in [3.8, 4) is 28.5 Å². The molecule has 1 atom stereocenters. The third-order valence-electron chi connectivity index (χ3n) is 6.98. The van der Waals surface area contributed by atoms with E-state index in [1.54, 1.807) is 26.0 Å². The molecule has 9 heteroatoms. The van der Waals surface area contributed by atoms with E-state index in [9.17, 15) is 4.79 Å². The molecule has 204 valence electrons. The van der Waals surface area contributed by atoms with Gasteiger partial charge in [0.25, 0.3) is 0 Å². The molecule has 0 radical (unpaired) electrons. The molecule has 1 fully saturated rings. The van der Waals surface area contributed by atoms with E-state index in [2.05, 4.69) is 11.2 Å². The maximum Gasteiger partial charge on any atom is 0.244 e. The van der Waals surface area contributed by atoms with E-state index in [1.165, 1.54) is 0 Å². The summed E-state index contributed by atoms with van der Waals surface area (Å²) in [6.45, 7) is 3.65. The van der Waals surface area contributed by atoms with Crippen LogP contribution in [0.1, 0.15) is 24.1 Å². The van der Waals surface area contributed by atoms with Gasteiger partial charge in [0.15, 0.2) is 11.5 Å². The van der Waals surface area contributed by atoms with Crippen molar-refractivity contribution in [3.63, 3.8) is 0 Å². The standard InChI is InChI=1S/C30H34N4O5/c1-20-10-11-34(32-20)19-29(35)33(18-25-9-6-12-39-25)17-23-13-22-15-27(37-3)28(38-4)16-26(22)31-30(23)21-7-5-8-24(14-21)36-2/h5,7-8,10-11,13-16,25H,6,9,12,17-19H2,1-4H3/t25-/m1/s1. The van der Waals surface area contributed by atoms with E-state index in [0.717, 1.165) is 58.6 Å². The predicted octanol–water partition coefficient (Wildman–Crippen LogP) is 4.64. The van der Waals surface area contributed by atoms with E-state index in [-0.39, 0.29) is 18.6 Å². The number of hydrogen-bond donors (Lipinski definition) is 0. The summed E-state index contributed by atoms with van der Waals surface area (Å²) in [7, 11) is 4.86. The van der Waals surface area contributed by atoms with Gasteiger partial charge in [-0.25, -0.2) is 4.98 Å². The smallest absolute Gasteiger partial charge is 0.244 e. The van der Waals surface area contributed by atoms with Crippen LogP contribution in [0.3, 0.4) is 0 Å². The molecule has 0 aliphatic carbocycles. The van der Waals surface area contributed by atoms with Gasteiger partial charge in [-0.1, -0.05) is 12.1 Å². The zero-order valence-corrected chi connectivity index (χ0v) is 22.8. The lowest BCUT2D eigenvalue weighted by Crippen LogP contribution is -2.39. The minimum Gasteiger partial charge on any atom is -0.497 e. The van der Waals surface area contributed by atoms with Gasteiger partial charge in [0, 0.05) is 42.9 Å². The Kier molecular flexibility index (Phi) is 7.97. The summed E-state index contributed by atoms with van der Waals surface area (Å²) in [5.41, 5.74) is 4.21. The number of aromatic nitrogens is 3. The fourth-order valence-corrected chi connectivity index (χ4v) is 4.97. The van der Waals surface area contributed by atoms with Gasteiger partial charge in [-0.3, -0.25) is 9.48 Å². The molecule has 0 spiro atoms. The SMILES string of the molecule is COc1cccc(-c2nc3cc(OC)c(OC)cc3cc2CN(C[C@H]2CCCO2)C(=O)Cn2ccc(C)n2)c1. The minimum atomic E-state index is -0.0300. The van der Waals surface area contributed by atoms with Crippen LogP contribution in [0.15, 0.2) is 54.7 Å². The Hall–Kier alpha value is -4.11. The monoisotopic (exact) mass is 530 g/mol. The van der Waals surface area contributed by atoms with Crippen molar-refractivity contribution in [2.75, 3.05) is 34.5 Å². The average molecular weight is 531 g/mol. The van der Waals surface area contributed by atoms with Crippen molar-refractivity contribution >= 4 is 16.8 Å². The van der Waals surface area contributed by atoms with Gasteiger partial charge in [-0.05, 0) is 55.7 Å². The topological polar surface area (TPSA) is 87.9 Å². The number of hydrogen-bond acceptors (Lipinski definition) is 7. The Balaban J connectivity index is 1.58. The van der Waals surface area contributed by atoms with E-state index in [1.807, 2.05) is 60.5 Å². The second kappa shape index (κ2) is 11.7. The quantitative estimate of drug-likeness (QED) is 0.295. The summed E-state index contributed by atoms with van der Waals surface area (Å²) < 4.78 is 24.2. The first-order valence-corrected chi connectivity index (χ1v) is 13.1. The molecule has 3 heterocycles. The fraction of sp³-hybridized carbons (Fsp3) is 0.367. The molecule has 0 bridgehead atoms. The first kappa shape index (κ1) is 26.5. The number of methoxy groups -OCH3 is 3. The van der Waals surface area contributed by atoms with E-state index < -0.39 is 0 Å². The highest BCUT2D eigenvalue weighted by Crippen LogP contribution is 2.35. The van der Waals surface area contributed by atoms with Gasteiger partial charge < -0.3 is 23.8 Å². The zero-order valence-electron chi connectivity index (χ0n) is 22.8. The second-order valence-electron chi connectivity index (χ2n) is 9.69. The minimum absolute atomic E-state index is 0.00588. The predicted molar refractivity (Wildman–Crippen MR) is 148 cm³/mol. The lowest BCUT2D eigenvalue weighted by Gasteiger charge is -2.27. The fourth-order valence-electron chi connectivity index (χ4n) is 4.97. The van der Waals surface area contributed by atoms with E-state index in [4.69, 9.17) is 23.9 Å². The number of carbonyl (C=O) groups is 1. The summed E-state index contributed by atoms with van der Waals surface area (Å²) in [6, 6.07) is 15.6. The summed E-state index contributed by atoms with van der Waals surface area (Å²) in [5.74, 6) is 1.92. The summed E-state index contributed by atoms with van der Waals surface area (Å²) in [4.78, 5) is 20.6. The van der Waals surface area contributed by atoms with Crippen LogP contribution in [-0.2, 0) is 22.6 Å². The highest BCUT2D eigenvalue weighted by atomic mass is 16.5. The average Bonchev–Trinajstić information content (AvgIpc) is 3.62. The number of ether oxygens (including phenoxy) is 4. The van der Waals surface area contributed by atoms with Crippen LogP contribution in [0.4, 0.5) is 0 Å². The van der Waals surface area contributed by atoms with Crippen LogP contribution in [0, 0.1) is 6.92 Å². The first-order chi connectivity index (χ1) is 19.0. The van der Waals surface area contributed by atoms with Crippen LogP contribution in [0.2, 0.25) is 0 Å². The Labute approximate surface area is 228 Å². The van der Waals surface area contributed by atoms with Crippen LogP contribution >= 0.6 is 0 Å². The molecule has 4 aromatic rings. The van der Waals surface area contributed by atoms with Crippen LogP contribution < -0.4 is 14.2 Å². The number of benzene rings is 2. The highest BCUT2D eigenvalue weighted by molar-refractivity contribution is 5.87. The molecule has 1 aliphatic rings. The number of nitrogens with zero attached hydrogens (tertiary/aromatic N) is 4. The molecule has 2 aromatic carbocycles. The van der Waals surface area contributed by atoms with Crippen molar-refractivity contribution in [1.29, 1.82) is 0 Å². The molecule has 1 saturated heterocycles. The molecule has 5 rings (SSSR count). The van der Waals surface area contributed by atoms with E-state index >= 15 is 0 Å². The van der Waals surface area contributed by atoms with Crippen LogP contribution in [-0.4, -0.2) is 66.2 Å². The number of fused-ring (bicyclic) bond motifs is 1. The van der Waals surface area contributed by atoms with Gasteiger partial charge in [0.1, 0.15) is 12.3 Å². The van der Waals surface area contributed by atoms with Gasteiger partial charge in [0.2, 0.25) is 5.91 Å². The van der Waals surface area contributed by atoms with Gasteiger partial charge in [-0.2, -0.15) is 5.10 Å². The third-order valence-corrected chi connectivity index (χ3v) is 6.98. The first-order valence-electron chi connectivity index (χ1n) is 13.1. The van der Waals surface area contributed by atoms with E-state index in [0.29, 0.717) is 24.6 Å². The number of amides is 1. The third kappa shape index (κ3) is 5.98. The lowest BCUT2D eigenvalue weighted by atomic mass is 10.0. The van der Waals surface area contributed by atoms with Crippen molar-refractivity contribution in [2.24, 2.45) is 0 Å². The Morgan fingerprint density at radius 3 is 2.59 bits per heavy atom. The molecule has 1 amide bonds. The van der Waals surface area contributed by atoms with Gasteiger partial charge in [0.05, 0.1) is 44.3 Å². The van der Waals surface area contributed by atoms with Crippen LogP contribution in [0.25, 0.3) is 22.2 Å². The van der Waals surface area contributed by atoms with Gasteiger partial charge >= 0.3 is 0 Å². The molecular formula is C30H34N4O5. The van der Waals surface area contributed by atoms with Crippen molar-refractivity contribution < 1.29 is 23.7 Å². The lowest BCUT2D eigenvalue weighted by molar-refractivity contribution is -0.134. The Morgan fingerprint density at radius 2 is 1.90 bits per heavy atom. The number of pyridine rings is 1. The van der Waals surface area contributed by atoms with Crippen molar-refractivity contribution in [3.05, 3.63) is 66.0 Å². The molecule has 39 heavy (non-hydrogen) atoms. The Morgan fingerprint density at radius 1 is 1.08 bits per heavy atom. The summed E-state index contributed by atoms with van der Waals surface area (Å²) >= 11 is 0. The molecular weight excluding hydrogens is 496 g/mol. The number of carbonyl (C=O) groups excluding carboxylic acids is 1. The molecule has 2 aromatic heterocycles. The zero-order chi connectivity index (χ0) is 27.4. The van der Waals surface area contributed by atoms with Gasteiger partial charge in [-0.15, -0.1) is 0 Å². The Bertz CT molecular complexity index is 1460.